The van der Waals surface area contributed by atoms with Crippen molar-refractivity contribution in [2.24, 2.45) is 0 Å². The van der Waals surface area contributed by atoms with E-state index in [0.717, 1.165) is 15.4 Å². The molecule has 1 atom stereocenters. The number of methoxy groups -OCH3 is 2. The topological polar surface area (TPSA) is 71.3 Å². The molecule has 3 aromatic rings. The van der Waals surface area contributed by atoms with E-state index >= 15 is 0 Å². The minimum absolute atomic E-state index is 0.204. The molecule has 3 aromatic carbocycles. The van der Waals surface area contributed by atoms with Crippen LogP contribution in [0.3, 0.4) is 0 Å². The van der Waals surface area contributed by atoms with Gasteiger partial charge in [0.15, 0.2) is 0 Å². The fourth-order valence-corrected chi connectivity index (χ4v) is 4.06. The fourth-order valence-electron chi connectivity index (χ4n) is 3.04. The van der Waals surface area contributed by atoms with Gasteiger partial charge in [-0.05, 0) is 49.4 Å². The number of nitrogens with one attached hydrogen (secondary N) is 1. The van der Waals surface area contributed by atoms with E-state index in [4.69, 9.17) is 9.47 Å². The van der Waals surface area contributed by atoms with Crippen molar-refractivity contribution in [1.82, 2.24) is 5.32 Å². The van der Waals surface area contributed by atoms with Crippen molar-refractivity contribution < 1.29 is 14.3 Å². The number of hydrogen-bond acceptors (Lipinski definition) is 5. The number of benzene rings is 3. The van der Waals surface area contributed by atoms with Crippen molar-refractivity contribution in [3.05, 3.63) is 83.4 Å². The highest BCUT2D eigenvalue weighted by molar-refractivity contribution is 7.99. The van der Waals surface area contributed by atoms with E-state index < -0.39 is 0 Å². The van der Waals surface area contributed by atoms with E-state index in [1.165, 1.54) is 11.8 Å². The number of amides is 1. The molecule has 0 bridgehead atoms. The molecule has 5 nitrogen and oxygen atoms in total. The molecule has 0 aliphatic carbocycles. The van der Waals surface area contributed by atoms with Crippen molar-refractivity contribution >= 4 is 17.7 Å². The lowest BCUT2D eigenvalue weighted by Gasteiger charge is -2.19. The Morgan fingerprint density at radius 3 is 2.40 bits per heavy atom. The normalized spacial score (nSPS) is 11.3. The van der Waals surface area contributed by atoms with Crippen LogP contribution in [0.5, 0.6) is 11.5 Å². The molecule has 6 heteroatoms. The highest BCUT2D eigenvalue weighted by atomic mass is 32.2. The smallest absolute Gasteiger partial charge is 0.252 e. The molecule has 0 saturated carbocycles. The fraction of sp³-hybridized carbons (Fsp3) is 0.167. The second-order valence-electron chi connectivity index (χ2n) is 6.51. The van der Waals surface area contributed by atoms with Gasteiger partial charge in [-0.1, -0.05) is 36.0 Å². The summed E-state index contributed by atoms with van der Waals surface area (Å²) in [4.78, 5) is 14.7. The molecule has 0 heterocycles. The van der Waals surface area contributed by atoms with Crippen molar-refractivity contribution in [1.29, 1.82) is 5.26 Å². The lowest BCUT2D eigenvalue weighted by Crippen LogP contribution is -2.27. The summed E-state index contributed by atoms with van der Waals surface area (Å²) in [6.45, 7) is 1.90. The number of nitrogens with zero attached hydrogens (tertiary/aromatic N) is 1. The molecule has 1 N–H and O–H groups in total. The molecule has 1 amide bonds. The molecule has 3 rings (SSSR count). The SMILES string of the molecule is COc1ccc(OC)c(C(C)NC(=O)c2ccccc2Sc2ccccc2C#N)c1. The van der Waals surface area contributed by atoms with Gasteiger partial charge >= 0.3 is 0 Å². The van der Waals surface area contributed by atoms with Crippen LogP contribution in [0.25, 0.3) is 0 Å². The summed E-state index contributed by atoms with van der Waals surface area (Å²) in [5.41, 5.74) is 1.95. The molecule has 0 aliphatic rings. The predicted molar refractivity (Wildman–Crippen MR) is 117 cm³/mol. The second kappa shape index (κ2) is 9.86. The van der Waals surface area contributed by atoms with Gasteiger partial charge in [-0.15, -0.1) is 0 Å². The average molecular weight is 419 g/mol. The Kier molecular flexibility index (Phi) is 6.99. The highest BCUT2D eigenvalue weighted by Gasteiger charge is 2.19. The van der Waals surface area contributed by atoms with Crippen LogP contribution in [-0.2, 0) is 0 Å². The lowest BCUT2D eigenvalue weighted by atomic mass is 10.1. The van der Waals surface area contributed by atoms with Gasteiger partial charge in [-0.2, -0.15) is 5.26 Å². The van der Waals surface area contributed by atoms with Crippen LogP contribution >= 0.6 is 11.8 Å². The van der Waals surface area contributed by atoms with E-state index in [1.54, 1.807) is 26.4 Å². The van der Waals surface area contributed by atoms with E-state index in [1.807, 2.05) is 61.5 Å². The van der Waals surface area contributed by atoms with Gasteiger partial charge in [0, 0.05) is 15.4 Å². The predicted octanol–water partition coefficient (Wildman–Crippen LogP) is 5.22. The second-order valence-corrected chi connectivity index (χ2v) is 7.59. The molecule has 0 aliphatic heterocycles. The minimum Gasteiger partial charge on any atom is -0.497 e. The molecule has 1 unspecified atom stereocenters. The van der Waals surface area contributed by atoms with Crippen molar-refractivity contribution in [2.45, 2.75) is 22.8 Å². The maximum Gasteiger partial charge on any atom is 0.252 e. The summed E-state index contributed by atoms with van der Waals surface area (Å²) < 4.78 is 10.7. The van der Waals surface area contributed by atoms with Crippen LogP contribution in [0.2, 0.25) is 0 Å². The van der Waals surface area contributed by atoms with Crippen molar-refractivity contribution in [2.75, 3.05) is 14.2 Å². The third kappa shape index (κ3) is 4.76. The van der Waals surface area contributed by atoms with E-state index in [9.17, 15) is 10.1 Å². The van der Waals surface area contributed by atoms with Crippen LogP contribution in [-0.4, -0.2) is 20.1 Å². The van der Waals surface area contributed by atoms with Gasteiger partial charge in [0.2, 0.25) is 0 Å². The maximum absolute atomic E-state index is 13.1. The third-order valence-corrected chi connectivity index (χ3v) is 5.76. The zero-order valence-electron chi connectivity index (χ0n) is 17.0. The molecular weight excluding hydrogens is 396 g/mol. The molecule has 152 valence electrons. The molecule has 0 fully saturated rings. The zero-order chi connectivity index (χ0) is 21.5. The van der Waals surface area contributed by atoms with Crippen LogP contribution in [0.15, 0.2) is 76.5 Å². The van der Waals surface area contributed by atoms with Gasteiger partial charge in [0.1, 0.15) is 17.6 Å². The number of nitriles is 1. The van der Waals surface area contributed by atoms with Crippen LogP contribution in [0.4, 0.5) is 0 Å². The Morgan fingerprint density at radius 1 is 1.00 bits per heavy atom. The standard InChI is InChI=1S/C24H22N2O3S/c1-16(20-14-18(28-2)12-13-21(20)29-3)26-24(27)19-9-5-7-11-23(19)30-22-10-6-4-8-17(22)15-25/h4-14,16H,1-3H3,(H,26,27). The number of ether oxygens (including phenoxy) is 2. The number of hydrogen-bond donors (Lipinski definition) is 1. The zero-order valence-corrected chi connectivity index (χ0v) is 17.8. The summed E-state index contributed by atoms with van der Waals surface area (Å²) >= 11 is 1.40. The number of rotatable bonds is 7. The Bertz CT molecular complexity index is 1090. The molecule has 30 heavy (non-hydrogen) atoms. The van der Waals surface area contributed by atoms with Crippen LogP contribution in [0.1, 0.15) is 34.5 Å². The first-order valence-corrected chi connectivity index (χ1v) is 10.2. The monoisotopic (exact) mass is 418 g/mol. The van der Waals surface area contributed by atoms with Crippen molar-refractivity contribution in [3.63, 3.8) is 0 Å². The first-order valence-electron chi connectivity index (χ1n) is 9.36. The summed E-state index contributed by atoms with van der Waals surface area (Å²) in [6, 6.07) is 22.1. The quantitative estimate of drug-likeness (QED) is 0.570. The summed E-state index contributed by atoms with van der Waals surface area (Å²) in [5.74, 6) is 1.16. The summed E-state index contributed by atoms with van der Waals surface area (Å²) in [6.07, 6.45) is 0. The lowest BCUT2D eigenvalue weighted by molar-refractivity contribution is 0.0936. The third-order valence-electron chi connectivity index (χ3n) is 4.61. The maximum atomic E-state index is 13.1. The largest absolute Gasteiger partial charge is 0.497 e. The Hall–Kier alpha value is -3.43. The molecule has 0 spiro atoms. The van der Waals surface area contributed by atoms with Gasteiger partial charge in [-0.25, -0.2) is 0 Å². The Balaban J connectivity index is 1.86. The van der Waals surface area contributed by atoms with Gasteiger partial charge < -0.3 is 14.8 Å². The number of carbonyl (C=O) groups excluding carboxylic acids is 1. The van der Waals surface area contributed by atoms with Crippen LogP contribution in [0, 0.1) is 11.3 Å². The van der Waals surface area contributed by atoms with Gasteiger partial charge in [0.25, 0.3) is 5.91 Å². The number of carbonyl (C=O) groups is 1. The Labute approximate surface area is 180 Å². The average Bonchev–Trinajstić information content (AvgIpc) is 2.79. The molecular formula is C24H22N2O3S. The van der Waals surface area contributed by atoms with Gasteiger partial charge in [-0.3, -0.25) is 4.79 Å². The first-order chi connectivity index (χ1) is 14.6. The van der Waals surface area contributed by atoms with Gasteiger partial charge in [0.05, 0.1) is 31.4 Å². The molecule has 0 radical (unpaired) electrons. The first kappa shape index (κ1) is 21.3. The highest BCUT2D eigenvalue weighted by Crippen LogP contribution is 2.33. The van der Waals surface area contributed by atoms with E-state index in [2.05, 4.69) is 11.4 Å². The van der Waals surface area contributed by atoms with Crippen molar-refractivity contribution in [3.8, 4) is 17.6 Å². The molecule has 0 aromatic heterocycles. The van der Waals surface area contributed by atoms with Crippen LogP contribution < -0.4 is 14.8 Å². The summed E-state index contributed by atoms with van der Waals surface area (Å²) in [5, 5.41) is 12.4. The summed E-state index contributed by atoms with van der Waals surface area (Å²) in [7, 11) is 3.19. The minimum atomic E-state index is -0.299. The molecule has 0 saturated heterocycles. The van der Waals surface area contributed by atoms with E-state index in [0.29, 0.717) is 22.6 Å². The Morgan fingerprint density at radius 2 is 1.70 bits per heavy atom. The van der Waals surface area contributed by atoms with E-state index in [-0.39, 0.29) is 11.9 Å².